The zero-order valence-corrected chi connectivity index (χ0v) is 12.7. The van der Waals surface area contributed by atoms with Crippen LogP contribution in [0.4, 0.5) is 5.82 Å². The molecule has 1 heterocycles. The minimum absolute atomic E-state index is 0.498. The summed E-state index contributed by atoms with van der Waals surface area (Å²) in [6.07, 6.45) is 7.57. The molecule has 0 aliphatic rings. The Kier molecular flexibility index (Phi) is 5.91. The van der Waals surface area contributed by atoms with E-state index in [2.05, 4.69) is 43.4 Å². The van der Waals surface area contributed by atoms with Gasteiger partial charge in [-0.15, -0.1) is 0 Å². The van der Waals surface area contributed by atoms with Gasteiger partial charge >= 0.3 is 0 Å². The van der Waals surface area contributed by atoms with Crippen molar-refractivity contribution in [2.45, 2.75) is 20.8 Å². The lowest BCUT2D eigenvalue weighted by molar-refractivity contribution is 0.769. The molecule has 0 aliphatic heterocycles. The highest BCUT2D eigenvalue weighted by atomic mass is 14.8. The van der Waals surface area contributed by atoms with Gasteiger partial charge in [-0.3, -0.25) is 4.99 Å². The van der Waals surface area contributed by atoms with E-state index >= 15 is 0 Å². The summed E-state index contributed by atoms with van der Waals surface area (Å²) in [6, 6.07) is 3.74. The predicted octanol–water partition coefficient (Wildman–Crippen LogP) is 3.91. The Morgan fingerprint density at radius 1 is 1.40 bits per heavy atom. The second-order valence-electron chi connectivity index (χ2n) is 5.03. The SMILES string of the molecule is C=C(/C=C(\C)C(C)C)/C(=C\C=NC)c1ccc(N)nc1. The largest absolute Gasteiger partial charge is 0.384 e. The minimum Gasteiger partial charge on any atom is -0.384 e. The van der Waals surface area contributed by atoms with Crippen LogP contribution in [0.3, 0.4) is 0 Å². The van der Waals surface area contributed by atoms with Gasteiger partial charge in [0.1, 0.15) is 5.82 Å². The molecule has 0 fully saturated rings. The van der Waals surface area contributed by atoms with Crippen LogP contribution in [0.25, 0.3) is 5.57 Å². The van der Waals surface area contributed by atoms with Gasteiger partial charge in [-0.1, -0.05) is 32.1 Å². The molecule has 3 nitrogen and oxygen atoms in total. The maximum atomic E-state index is 5.63. The maximum absolute atomic E-state index is 5.63. The summed E-state index contributed by atoms with van der Waals surface area (Å²) in [4.78, 5) is 8.14. The van der Waals surface area contributed by atoms with Crippen molar-refractivity contribution in [2.75, 3.05) is 12.8 Å². The molecule has 1 aromatic rings. The van der Waals surface area contributed by atoms with Crippen molar-refractivity contribution in [3.63, 3.8) is 0 Å². The number of hydrogen-bond donors (Lipinski definition) is 1. The number of nitrogen functional groups attached to an aromatic ring is 1. The lowest BCUT2D eigenvalue weighted by atomic mass is 9.95. The third-order valence-corrected chi connectivity index (χ3v) is 3.15. The van der Waals surface area contributed by atoms with Gasteiger partial charge in [0.25, 0.3) is 0 Å². The fraction of sp³-hybridized carbons (Fsp3) is 0.294. The van der Waals surface area contributed by atoms with E-state index in [1.54, 1.807) is 25.5 Å². The number of aromatic nitrogens is 1. The van der Waals surface area contributed by atoms with Crippen molar-refractivity contribution >= 4 is 17.6 Å². The summed E-state index contributed by atoms with van der Waals surface area (Å²) in [5.41, 5.74) is 9.85. The molecule has 3 heteroatoms. The quantitative estimate of drug-likeness (QED) is 0.651. The first-order valence-corrected chi connectivity index (χ1v) is 6.67. The molecule has 0 unspecified atom stereocenters. The smallest absolute Gasteiger partial charge is 0.123 e. The molecule has 106 valence electrons. The zero-order valence-electron chi connectivity index (χ0n) is 12.7. The summed E-state index contributed by atoms with van der Waals surface area (Å²) < 4.78 is 0. The Bertz CT molecular complexity index is 546. The van der Waals surface area contributed by atoms with Crippen molar-refractivity contribution in [3.05, 3.63) is 53.8 Å². The molecule has 0 aromatic carbocycles. The summed E-state index contributed by atoms with van der Waals surface area (Å²) >= 11 is 0. The maximum Gasteiger partial charge on any atom is 0.123 e. The molecular weight excluding hydrogens is 246 g/mol. The predicted molar refractivity (Wildman–Crippen MR) is 88.8 cm³/mol. The van der Waals surface area contributed by atoms with E-state index in [1.165, 1.54) is 5.57 Å². The van der Waals surface area contributed by atoms with Crippen LogP contribution in [-0.2, 0) is 0 Å². The van der Waals surface area contributed by atoms with E-state index in [-0.39, 0.29) is 0 Å². The molecule has 0 saturated carbocycles. The van der Waals surface area contributed by atoms with Gasteiger partial charge < -0.3 is 5.73 Å². The van der Waals surface area contributed by atoms with Crippen LogP contribution in [0.1, 0.15) is 26.3 Å². The van der Waals surface area contributed by atoms with Crippen molar-refractivity contribution in [1.82, 2.24) is 4.98 Å². The van der Waals surface area contributed by atoms with Crippen molar-refractivity contribution < 1.29 is 0 Å². The van der Waals surface area contributed by atoms with Gasteiger partial charge in [0.15, 0.2) is 0 Å². The summed E-state index contributed by atoms with van der Waals surface area (Å²) in [6.45, 7) is 10.6. The molecule has 0 saturated heterocycles. The lowest BCUT2D eigenvalue weighted by Gasteiger charge is -2.10. The van der Waals surface area contributed by atoms with Gasteiger partial charge in [-0.05, 0) is 42.2 Å². The molecule has 0 aliphatic carbocycles. The second-order valence-corrected chi connectivity index (χ2v) is 5.03. The Labute approximate surface area is 121 Å². The highest BCUT2D eigenvalue weighted by Crippen LogP contribution is 2.24. The van der Waals surface area contributed by atoms with E-state index in [0.717, 1.165) is 16.7 Å². The number of nitrogens with zero attached hydrogens (tertiary/aromatic N) is 2. The topological polar surface area (TPSA) is 51.3 Å². The Hall–Kier alpha value is -2.16. The van der Waals surface area contributed by atoms with Gasteiger partial charge in [0, 0.05) is 25.0 Å². The third-order valence-electron chi connectivity index (χ3n) is 3.15. The molecule has 1 rings (SSSR count). The summed E-state index contributed by atoms with van der Waals surface area (Å²) in [7, 11) is 1.74. The highest BCUT2D eigenvalue weighted by Gasteiger charge is 2.06. The van der Waals surface area contributed by atoms with E-state index in [9.17, 15) is 0 Å². The molecule has 0 amide bonds. The van der Waals surface area contributed by atoms with Crippen LogP contribution >= 0.6 is 0 Å². The van der Waals surface area contributed by atoms with Crippen molar-refractivity contribution in [3.8, 4) is 0 Å². The number of aliphatic imine (C=N–C) groups is 1. The number of nitrogens with two attached hydrogens (primary N) is 1. The summed E-state index contributed by atoms with van der Waals surface area (Å²) in [5, 5.41) is 0. The minimum atomic E-state index is 0.498. The van der Waals surface area contributed by atoms with Crippen LogP contribution in [0.2, 0.25) is 0 Å². The normalized spacial score (nSPS) is 13.2. The van der Waals surface area contributed by atoms with E-state index in [1.807, 2.05) is 12.1 Å². The molecular formula is C17H23N3. The first-order chi connectivity index (χ1) is 9.45. The molecule has 0 spiro atoms. The lowest BCUT2D eigenvalue weighted by Crippen LogP contribution is -1.95. The summed E-state index contributed by atoms with van der Waals surface area (Å²) in [5.74, 6) is 1.01. The van der Waals surface area contributed by atoms with Gasteiger partial charge in [-0.25, -0.2) is 4.98 Å². The fourth-order valence-electron chi connectivity index (χ4n) is 1.62. The van der Waals surface area contributed by atoms with Crippen LogP contribution in [0.15, 0.2) is 53.2 Å². The molecule has 0 atom stereocenters. The zero-order chi connectivity index (χ0) is 15.1. The number of hydrogen-bond acceptors (Lipinski definition) is 3. The van der Waals surface area contributed by atoms with E-state index in [0.29, 0.717) is 11.7 Å². The Morgan fingerprint density at radius 2 is 2.10 bits per heavy atom. The Balaban J connectivity index is 3.17. The fourth-order valence-corrected chi connectivity index (χ4v) is 1.62. The second kappa shape index (κ2) is 7.43. The van der Waals surface area contributed by atoms with E-state index < -0.39 is 0 Å². The van der Waals surface area contributed by atoms with Gasteiger partial charge in [-0.2, -0.15) is 0 Å². The third kappa shape index (κ3) is 4.50. The monoisotopic (exact) mass is 269 g/mol. The molecule has 0 radical (unpaired) electrons. The molecule has 2 N–H and O–H groups in total. The Morgan fingerprint density at radius 3 is 2.60 bits per heavy atom. The van der Waals surface area contributed by atoms with Crippen LogP contribution in [-0.4, -0.2) is 18.2 Å². The van der Waals surface area contributed by atoms with Gasteiger partial charge in [0.2, 0.25) is 0 Å². The average molecular weight is 269 g/mol. The number of anilines is 1. The van der Waals surface area contributed by atoms with E-state index in [4.69, 9.17) is 5.73 Å². The first-order valence-electron chi connectivity index (χ1n) is 6.67. The number of rotatable bonds is 5. The first kappa shape index (κ1) is 15.9. The van der Waals surface area contributed by atoms with Crippen molar-refractivity contribution in [2.24, 2.45) is 10.9 Å². The molecule has 20 heavy (non-hydrogen) atoms. The van der Waals surface area contributed by atoms with Gasteiger partial charge in [0.05, 0.1) is 0 Å². The number of allylic oxidation sites excluding steroid dienone is 5. The average Bonchev–Trinajstić information content (AvgIpc) is 2.41. The van der Waals surface area contributed by atoms with Crippen molar-refractivity contribution in [1.29, 1.82) is 0 Å². The highest BCUT2D eigenvalue weighted by molar-refractivity contribution is 5.92. The standard InChI is InChI=1S/C17H23N3/c1-12(2)13(3)10-14(4)16(8-9-19-5)15-6-7-17(18)20-11-15/h6-12H,4H2,1-3,5H3,(H2,18,20)/b13-10+,16-8+,19-9?. The van der Waals surface area contributed by atoms with Crippen LogP contribution < -0.4 is 5.73 Å². The van der Waals surface area contributed by atoms with Crippen LogP contribution in [0.5, 0.6) is 0 Å². The molecule has 1 aromatic heterocycles. The molecule has 0 bridgehead atoms. The van der Waals surface area contributed by atoms with Crippen LogP contribution in [0, 0.1) is 5.92 Å². The number of pyridine rings is 1.